The second-order valence-corrected chi connectivity index (χ2v) is 8.05. The standard InChI is InChI=1S/C25H26N6O/c1-2-23-26-13-16-31(23)24-11-4-9-21(28-24)22-10-5-15-30(22)25(32)20-8-3-7-19(17-20)18-29-14-6-12-27-29/h3-4,6-9,11-14,16-17,22H,2,5,10,15,18H2,1H3. The molecule has 0 spiro atoms. The van der Waals surface area contributed by atoms with Crippen molar-refractivity contribution in [3.05, 3.63) is 96.0 Å². The lowest BCUT2D eigenvalue weighted by Gasteiger charge is -2.25. The summed E-state index contributed by atoms with van der Waals surface area (Å²) in [5.74, 6) is 1.87. The summed E-state index contributed by atoms with van der Waals surface area (Å²) in [5, 5.41) is 4.26. The Hall–Kier alpha value is -3.74. The molecule has 162 valence electrons. The number of hydrogen-bond donors (Lipinski definition) is 0. The Labute approximate surface area is 187 Å². The molecule has 0 N–H and O–H groups in total. The van der Waals surface area contributed by atoms with Gasteiger partial charge in [-0.2, -0.15) is 5.10 Å². The van der Waals surface area contributed by atoms with Gasteiger partial charge in [0.1, 0.15) is 11.6 Å². The number of hydrogen-bond acceptors (Lipinski definition) is 4. The van der Waals surface area contributed by atoms with E-state index in [4.69, 9.17) is 4.98 Å². The molecule has 3 aromatic heterocycles. The van der Waals surface area contributed by atoms with Crippen LogP contribution < -0.4 is 0 Å². The van der Waals surface area contributed by atoms with Crippen LogP contribution in [-0.2, 0) is 13.0 Å². The molecule has 1 atom stereocenters. The van der Waals surface area contributed by atoms with Crippen LogP contribution >= 0.6 is 0 Å². The molecular formula is C25H26N6O. The molecule has 0 radical (unpaired) electrons. The average Bonchev–Trinajstić information content (AvgIpc) is 3.60. The van der Waals surface area contributed by atoms with Gasteiger partial charge in [-0.15, -0.1) is 0 Å². The van der Waals surface area contributed by atoms with Gasteiger partial charge in [0, 0.05) is 43.3 Å². The van der Waals surface area contributed by atoms with E-state index in [2.05, 4.69) is 17.0 Å². The van der Waals surface area contributed by atoms with Crippen molar-refractivity contribution < 1.29 is 4.79 Å². The van der Waals surface area contributed by atoms with E-state index in [-0.39, 0.29) is 11.9 Å². The number of nitrogens with zero attached hydrogens (tertiary/aromatic N) is 6. The van der Waals surface area contributed by atoms with Gasteiger partial charge in [0.2, 0.25) is 0 Å². The molecule has 1 saturated heterocycles. The van der Waals surface area contributed by atoms with E-state index in [1.54, 1.807) is 12.4 Å². The zero-order chi connectivity index (χ0) is 21.9. The number of aryl methyl sites for hydroxylation is 1. The van der Waals surface area contributed by atoms with Gasteiger partial charge in [-0.1, -0.05) is 25.1 Å². The Morgan fingerprint density at radius 3 is 2.84 bits per heavy atom. The summed E-state index contributed by atoms with van der Waals surface area (Å²) in [5.41, 5.74) is 2.69. The predicted octanol–water partition coefficient (Wildman–Crippen LogP) is 4.05. The molecule has 4 heterocycles. The van der Waals surface area contributed by atoms with Crippen LogP contribution in [0.15, 0.2) is 73.3 Å². The van der Waals surface area contributed by atoms with Gasteiger partial charge in [-0.05, 0) is 48.7 Å². The van der Waals surface area contributed by atoms with E-state index in [0.717, 1.165) is 48.7 Å². The number of benzene rings is 1. The average molecular weight is 427 g/mol. The number of aromatic nitrogens is 5. The lowest BCUT2D eigenvalue weighted by atomic mass is 10.1. The van der Waals surface area contributed by atoms with Crippen molar-refractivity contribution >= 4 is 5.91 Å². The minimum absolute atomic E-state index is 0.0224. The van der Waals surface area contributed by atoms with Crippen LogP contribution in [0.4, 0.5) is 0 Å². The quantitative estimate of drug-likeness (QED) is 0.466. The third-order valence-corrected chi connectivity index (χ3v) is 5.97. The highest BCUT2D eigenvalue weighted by molar-refractivity contribution is 5.94. The lowest BCUT2D eigenvalue weighted by molar-refractivity contribution is 0.0732. The summed E-state index contributed by atoms with van der Waals surface area (Å²) in [6.45, 7) is 3.47. The zero-order valence-electron chi connectivity index (χ0n) is 18.1. The summed E-state index contributed by atoms with van der Waals surface area (Å²) in [6.07, 6.45) is 10.1. The fourth-order valence-electron chi connectivity index (χ4n) is 4.43. The van der Waals surface area contributed by atoms with Crippen molar-refractivity contribution in [2.45, 2.75) is 38.8 Å². The Morgan fingerprint density at radius 2 is 2.00 bits per heavy atom. The van der Waals surface area contributed by atoms with E-state index in [0.29, 0.717) is 12.1 Å². The fraction of sp³-hybridized carbons (Fsp3) is 0.280. The first kappa shape index (κ1) is 20.2. The third kappa shape index (κ3) is 3.93. The van der Waals surface area contributed by atoms with Gasteiger partial charge in [0.15, 0.2) is 0 Å². The number of pyridine rings is 1. The molecule has 1 amide bonds. The van der Waals surface area contributed by atoms with Crippen LogP contribution in [0, 0.1) is 0 Å². The molecule has 1 aromatic carbocycles. The first-order valence-corrected chi connectivity index (χ1v) is 11.1. The third-order valence-electron chi connectivity index (χ3n) is 5.97. The number of rotatable bonds is 6. The highest BCUT2D eigenvalue weighted by Crippen LogP contribution is 2.32. The Morgan fingerprint density at radius 1 is 1.09 bits per heavy atom. The Balaban J connectivity index is 1.39. The van der Waals surface area contributed by atoms with Crippen LogP contribution in [0.25, 0.3) is 5.82 Å². The molecule has 1 fully saturated rings. The van der Waals surface area contributed by atoms with E-state index >= 15 is 0 Å². The number of carbonyl (C=O) groups is 1. The van der Waals surface area contributed by atoms with Gasteiger partial charge in [-0.25, -0.2) is 9.97 Å². The summed E-state index contributed by atoms with van der Waals surface area (Å²) in [7, 11) is 0. The zero-order valence-corrected chi connectivity index (χ0v) is 18.1. The monoisotopic (exact) mass is 426 g/mol. The summed E-state index contributed by atoms with van der Waals surface area (Å²) in [6, 6.07) is 15.8. The van der Waals surface area contributed by atoms with Crippen LogP contribution in [0.5, 0.6) is 0 Å². The number of imidazole rings is 1. The van der Waals surface area contributed by atoms with Gasteiger partial charge in [0.05, 0.1) is 18.3 Å². The van der Waals surface area contributed by atoms with Crippen LogP contribution in [0.1, 0.15) is 53.2 Å². The van der Waals surface area contributed by atoms with Gasteiger partial charge >= 0.3 is 0 Å². The van der Waals surface area contributed by atoms with Crippen molar-refractivity contribution in [2.24, 2.45) is 0 Å². The first-order chi connectivity index (χ1) is 15.7. The highest BCUT2D eigenvalue weighted by atomic mass is 16.2. The maximum Gasteiger partial charge on any atom is 0.254 e. The maximum atomic E-state index is 13.5. The number of likely N-dealkylation sites (tertiary alicyclic amines) is 1. The van der Waals surface area contributed by atoms with Crippen LogP contribution in [-0.4, -0.2) is 41.7 Å². The highest BCUT2D eigenvalue weighted by Gasteiger charge is 2.31. The molecule has 0 saturated carbocycles. The van der Waals surface area contributed by atoms with Crippen molar-refractivity contribution in [3.63, 3.8) is 0 Å². The largest absolute Gasteiger partial charge is 0.330 e. The molecule has 1 aliphatic heterocycles. The van der Waals surface area contributed by atoms with Crippen LogP contribution in [0.3, 0.4) is 0 Å². The minimum Gasteiger partial charge on any atom is -0.330 e. The molecule has 5 rings (SSSR count). The summed E-state index contributed by atoms with van der Waals surface area (Å²) >= 11 is 0. The molecule has 4 aromatic rings. The number of carbonyl (C=O) groups excluding carboxylic acids is 1. The lowest BCUT2D eigenvalue weighted by Crippen LogP contribution is -2.31. The number of amides is 1. The first-order valence-electron chi connectivity index (χ1n) is 11.1. The molecule has 7 nitrogen and oxygen atoms in total. The smallest absolute Gasteiger partial charge is 0.254 e. The van der Waals surface area contributed by atoms with Crippen LogP contribution in [0.2, 0.25) is 0 Å². The Bertz CT molecular complexity index is 1210. The van der Waals surface area contributed by atoms with Crippen molar-refractivity contribution in [3.8, 4) is 5.82 Å². The molecule has 32 heavy (non-hydrogen) atoms. The van der Waals surface area contributed by atoms with Gasteiger partial charge < -0.3 is 4.90 Å². The van der Waals surface area contributed by atoms with Gasteiger partial charge in [0.25, 0.3) is 5.91 Å². The van der Waals surface area contributed by atoms with Crippen molar-refractivity contribution in [1.29, 1.82) is 0 Å². The van der Waals surface area contributed by atoms with E-state index < -0.39 is 0 Å². The van der Waals surface area contributed by atoms with E-state index in [1.165, 1.54) is 0 Å². The summed E-state index contributed by atoms with van der Waals surface area (Å²) in [4.78, 5) is 24.8. The molecule has 7 heteroatoms. The second-order valence-electron chi connectivity index (χ2n) is 8.05. The topological polar surface area (TPSA) is 68.8 Å². The summed E-state index contributed by atoms with van der Waals surface area (Å²) < 4.78 is 3.88. The second kappa shape index (κ2) is 8.78. The van der Waals surface area contributed by atoms with Crippen molar-refractivity contribution in [2.75, 3.05) is 6.54 Å². The Kier molecular flexibility index (Phi) is 5.54. The maximum absolute atomic E-state index is 13.5. The fourth-order valence-corrected chi connectivity index (χ4v) is 4.43. The molecule has 1 aliphatic rings. The SMILES string of the molecule is CCc1nccn1-c1cccc(C2CCCN2C(=O)c2cccc(Cn3cccn3)c2)n1. The van der Waals surface area contributed by atoms with Gasteiger partial charge in [-0.3, -0.25) is 14.0 Å². The van der Waals surface area contributed by atoms with E-state index in [1.807, 2.05) is 75.1 Å². The minimum atomic E-state index is -0.0224. The molecule has 0 aliphatic carbocycles. The predicted molar refractivity (Wildman–Crippen MR) is 122 cm³/mol. The normalized spacial score (nSPS) is 15.9. The molecule has 0 bridgehead atoms. The molecule has 1 unspecified atom stereocenters. The molecular weight excluding hydrogens is 400 g/mol. The van der Waals surface area contributed by atoms with E-state index in [9.17, 15) is 4.79 Å². The van der Waals surface area contributed by atoms with Crippen molar-refractivity contribution in [1.82, 2.24) is 29.2 Å².